The lowest BCUT2D eigenvalue weighted by molar-refractivity contribution is -0.130. The molecule has 1 atom stereocenters. The van der Waals surface area contributed by atoms with Gasteiger partial charge < -0.3 is 5.32 Å². The van der Waals surface area contributed by atoms with Crippen LogP contribution >= 0.6 is 0 Å². The van der Waals surface area contributed by atoms with E-state index in [1.807, 2.05) is 20.8 Å². The molecule has 0 bridgehead atoms. The van der Waals surface area contributed by atoms with Crippen molar-refractivity contribution < 1.29 is 4.79 Å². The minimum Gasteiger partial charge on any atom is -0.303 e. The number of carbonyl (C=O) groups excluding carboxylic acids is 1. The first-order chi connectivity index (χ1) is 9.83. The van der Waals surface area contributed by atoms with Crippen molar-refractivity contribution in [2.45, 2.75) is 113 Å². The fraction of sp³-hybridized carbons (Fsp3) is 0.952. The van der Waals surface area contributed by atoms with Crippen molar-refractivity contribution in [3.05, 3.63) is 0 Å². The van der Waals surface area contributed by atoms with Crippen LogP contribution in [-0.4, -0.2) is 17.4 Å². The Hall–Kier alpha value is -0.370. The number of hydrogen-bond donors (Lipinski definition) is 1. The van der Waals surface area contributed by atoms with Gasteiger partial charge in [-0.25, -0.2) is 0 Å². The number of nitrogens with one attached hydrogen (secondary N) is 1. The number of rotatable bonds is 5. The van der Waals surface area contributed by atoms with Crippen molar-refractivity contribution >= 4 is 5.78 Å². The number of Topliss-reactive ketones (excluding diaryl/α,β-unsaturated/α-hetero) is 1. The van der Waals surface area contributed by atoms with E-state index in [0.29, 0.717) is 5.78 Å². The van der Waals surface area contributed by atoms with E-state index in [1.165, 1.54) is 32.1 Å². The van der Waals surface area contributed by atoms with Crippen molar-refractivity contribution in [1.29, 1.82) is 0 Å². The zero-order chi connectivity index (χ0) is 17.2. The smallest absolute Gasteiger partial charge is 0.155 e. The van der Waals surface area contributed by atoms with E-state index < -0.39 is 0 Å². The van der Waals surface area contributed by atoms with Crippen LogP contribution < -0.4 is 5.32 Å². The number of hydrogen-bond acceptors (Lipinski definition) is 2. The van der Waals surface area contributed by atoms with Gasteiger partial charge in [0.05, 0.1) is 6.04 Å². The third-order valence-corrected chi connectivity index (χ3v) is 5.10. The summed E-state index contributed by atoms with van der Waals surface area (Å²) in [5.74, 6) is 1.12. The van der Waals surface area contributed by atoms with E-state index in [0.717, 1.165) is 12.3 Å². The van der Waals surface area contributed by atoms with Crippen molar-refractivity contribution in [1.82, 2.24) is 5.32 Å². The molecule has 0 radical (unpaired) electrons. The van der Waals surface area contributed by atoms with Crippen LogP contribution in [0.4, 0.5) is 0 Å². The Labute approximate surface area is 146 Å². The molecule has 1 saturated carbocycles. The first-order valence-electron chi connectivity index (χ1n) is 9.15. The van der Waals surface area contributed by atoms with Gasteiger partial charge >= 0.3 is 0 Å². The molecule has 0 spiro atoms. The second-order valence-corrected chi connectivity index (χ2v) is 10.1. The molecular weight excluding hydrogens is 282 g/mol. The summed E-state index contributed by atoms with van der Waals surface area (Å²) in [5.41, 5.74) is -0.0932. The Morgan fingerprint density at radius 3 is 1.83 bits per heavy atom. The lowest BCUT2D eigenvalue weighted by Gasteiger charge is -2.42. The summed E-state index contributed by atoms with van der Waals surface area (Å²) in [6, 6.07) is -0.0445. The molecule has 1 aliphatic carbocycles. The Morgan fingerprint density at radius 1 is 0.957 bits per heavy atom. The second kappa shape index (κ2) is 8.14. The molecule has 138 valence electrons. The van der Waals surface area contributed by atoms with Crippen LogP contribution in [0, 0.1) is 16.7 Å². The summed E-state index contributed by atoms with van der Waals surface area (Å²) in [6.07, 6.45) is 7.72. The van der Waals surface area contributed by atoms with E-state index in [2.05, 4.69) is 39.9 Å². The first kappa shape index (κ1) is 22.6. The van der Waals surface area contributed by atoms with Gasteiger partial charge in [-0.15, -0.1) is 0 Å². The van der Waals surface area contributed by atoms with Gasteiger partial charge in [-0.2, -0.15) is 0 Å². The van der Waals surface area contributed by atoms with Crippen molar-refractivity contribution in [2.24, 2.45) is 16.7 Å². The van der Waals surface area contributed by atoms with E-state index in [4.69, 9.17) is 0 Å². The molecule has 1 rings (SSSR count). The summed E-state index contributed by atoms with van der Waals surface area (Å²) in [5, 5.41) is 3.61. The Morgan fingerprint density at radius 2 is 1.43 bits per heavy atom. The highest BCUT2D eigenvalue weighted by Gasteiger charge is 2.39. The Balaban J connectivity index is 0.00000484. The van der Waals surface area contributed by atoms with Gasteiger partial charge in [-0.1, -0.05) is 61.3 Å². The number of carbonyl (C=O) groups is 1. The third-order valence-electron chi connectivity index (χ3n) is 5.10. The van der Waals surface area contributed by atoms with E-state index >= 15 is 0 Å². The molecule has 2 nitrogen and oxygen atoms in total. The maximum atomic E-state index is 12.9. The predicted molar refractivity (Wildman–Crippen MR) is 103 cm³/mol. The Kier molecular flexibility index (Phi) is 8.01. The van der Waals surface area contributed by atoms with Crippen molar-refractivity contribution in [3.8, 4) is 0 Å². The fourth-order valence-electron chi connectivity index (χ4n) is 3.83. The topological polar surface area (TPSA) is 29.1 Å². The predicted octanol–water partition coefficient (Wildman–Crippen LogP) is 5.99. The second-order valence-electron chi connectivity index (χ2n) is 10.1. The van der Waals surface area contributed by atoms with Crippen LogP contribution in [0.15, 0.2) is 0 Å². The third kappa shape index (κ3) is 7.37. The van der Waals surface area contributed by atoms with Gasteiger partial charge in [0.25, 0.3) is 0 Å². The van der Waals surface area contributed by atoms with Gasteiger partial charge in [0.2, 0.25) is 0 Å². The standard InChI is InChI=1S/C20H39NO.CH4/c1-18(2,3)17(22)16(21-19(4,5)6)14-20(7,8)15-12-10-9-11-13-15;/h15-16,21H,9-14H2,1-8H3;1H4. The van der Waals surface area contributed by atoms with Crippen LogP contribution in [0.25, 0.3) is 0 Å². The van der Waals surface area contributed by atoms with Gasteiger partial charge in [0.1, 0.15) is 0 Å². The highest BCUT2D eigenvalue weighted by Crippen LogP contribution is 2.42. The molecule has 0 heterocycles. The minimum absolute atomic E-state index is 0. The fourth-order valence-corrected chi connectivity index (χ4v) is 3.83. The van der Waals surface area contributed by atoms with Gasteiger partial charge in [-0.3, -0.25) is 4.79 Å². The monoisotopic (exact) mass is 325 g/mol. The van der Waals surface area contributed by atoms with Crippen molar-refractivity contribution in [3.63, 3.8) is 0 Å². The molecule has 0 aromatic heterocycles. The van der Waals surface area contributed by atoms with Crippen LogP contribution in [0.2, 0.25) is 0 Å². The first-order valence-corrected chi connectivity index (χ1v) is 9.15. The normalized spacial score (nSPS) is 19.1. The van der Waals surface area contributed by atoms with E-state index in [-0.39, 0.29) is 29.8 Å². The van der Waals surface area contributed by atoms with Crippen molar-refractivity contribution in [2.75, 3.05) is 0 Å². The molecule has 1 aliphatic rings. The highest BCUT2D eigenvalue weighted by atomic mass is 16.1. The average Bonchev–Trinajstić information content (AvgIpc) is 2.35. The molecule has 0 aliphatic heterocycles. The summed E-state index contributed by atoms with van der Waals surface area (Å²) >= 11 is 0. The SMILES string of the molecule is C.CC(C)(C)NC(CC(C)(C)C1CCCCC1)C(=O)C(C)(C)C. The van der Waals surface area contributed by atoms with Gasteiger partial charge in [0, 0.05) is 11.0 Å². The molecule has 2 heteroatoms. The van der Waals surface area contributed by atoms with Gasteiger partial charge in [0.15, 0.2) is 5.78 Å². The van der Waals surface area contributed by atoms with Crippen LogP contribution in [0.5, 0.6) is 0 Å². The summed E-state index contributed by atoms with van der Waals surface area (Å²) in [4.78, 5) is 12.9. The zero-order valence-corrected chi connectivity index (χ0v) is 16.3. The van der Waals surface area contributed by atoms with Crippen LogP contribution in [0.3, 0.4) is 0 Å². The van der Waals surface area contributed by atoms with Gasteiger partial charge in [-0.05, 0) is 51.4 Å². The summed E-state index contributed by atoms with van der Waals surface area (Å²) in [6.45, 7) is 17.3. The lowest BCUT2D eigenvalue weighted by atomic mass is 9.66. The summed E-state index contributed by atoms with van der Waals surface area (Å²) < 4.78 is 0. The maximum Gasteiger partial charge on any atom is 0.155 e. The Bertz CT molecular complexity index is 364. The van der Waals surface area contributed by atoms with E-state index in [9.17, 15) is 4.79 Å². The molecular formula is C21H43NO. The number of ketones is 1. The molecule has 0 saturated heterocycles. The molecule has 23 heavy (non-hydrogen) atoms. The molecule has 0 aromatic rings. The highest BCUT2D eigenvalue weighted by molar-refractivity contribution is 5.88. The molecule has 1 fully saturated rings. The maximum absolute atomic E-state index is 12.9. The van der Waals surface area contributed by atoms with Crippen LogP contribution in [0.1, 0.15) is 101 Å². The summed E-state index contributed by atoms with van der Waals surface area (Å²) in [7, 11) is 0. The lowest BCUT2D eigenvalue weighted by Crippen LogP contribution is -2.53. The van der Waals surface area contributed by atoms with Crippen LogP contribution in [-0.2, 0) is 4.79 Å². The molecule has 0 amide bonds. The van der Waals surface area contributed by atoms with E-state index in [1.54, 1.807) is 0 Å². The minimum atomic E-state index is -0.286. The molecule has 1 N–H and O–H groups in total. The molecule has 0 aromatic carbocycles. The zero-order valence-electron chi connectivity index (χ0n) is 16.3. The molecule has 1 unspecified atom stereocenters. The average molecular weight is 326 g/mol. The largest absolute Gasteiger partial charge is 0.303 e. The quantitative estimate of drug-likeness (QED) is 0.672.